The summed E-state index contributed by atoms with van der Waals surface area (Å²) in [7, 11) is 3.50. The highest BCUT2D eigenvalue weighted by molar-refractivity contribution is 8.76. The highest BCUT2D eigenvalue weighted by Crippen LogP contribution is 2.22. The lowest BCUT2D eigenvalue weighted by atomic mass is 10.1. The number of carbonyl (C=O) groups excluding carboxylic acids is 2. The predicted molar refractivity (Wildman–Crippen MR) is 164 cm³/mol. The smallest absolute Gasteiger partial charge is 0.252 e. The molecule has 1 heterocycles. The molecule has 0 aliphatic carbocycles. The van der Waals surface area contributed by atoms with Crippen LogP contribution in [0.3, 0.4) is 0 Å². The maximum atomic E-state index is 12.0. The standard InChI is InChI=1S/C31H44N2O2S2/c1-2-3-4-5-6-7-8-9-10-11-12-13-14-15-16-17-18-22-30(34)23-20-26-36-37-27-25-33-31(35)29-21-19-24-32-28-29/h3-4,6-7,9-10,12-13,15-16,19,21,24,28H,2,5,8,11,14,17-18,20,22-23,25-27H2,1H3,(H,33,35)/b4-3-,7-6-,10-9-,13-12-,16-15-. The number of ketones is 1. The summed E-state index contributed by atoms with van der Waals surface area (Å²) in [5.74, 6) is 2.08. The van der Waals surface area contributed by atoms with Crippen LogP contribution in [0, 0.1) is 0 Å². The Morgan fingerprint density at radius 1 is 0.811 bits per heavy atom. The Bertz CT molecular complexity index is 861. The Labute approximate surface area is 232 Å². The van der Waals surface area contributed by atoms with Crippen LogP contribution in [-0.2, 0) is 4.79 Å². The second kappa shape index (κ2) is 25.3. The van der Waals surface area contributed by atoms with Crippen molar-refractivity contribution in [2.75, 3.05) is 18.1 Å². The van der Waals surface area contributed by atoms with Crippen molar-refractivity contribution in [2.24, 2.45) is 0 Å². The molecular weight excluding hydrogens is 496 g/mol. The van der Waals surface area contributed by atoms with Gasteiger partial charge in [-0.2, -0.15) is 0 Å². The average Bonchev–Trinajstić information content (AvgIpc) is 2.92. The largest absolute Gasteiger partial charge is 0.351 e. The third-order valence-corrected chi connectivity index (χ3v) is 7.64. The van der Waals surface area contributed by atoms with E-state index in [0.717, 1.165) is 62.9 Å². The molecule has 0 aliphatic heterocycles. The molecule has 1 rings (SSSR count). The van der Waals surface area contributed by atoms with Crippen LogP contribution in [0.2, 0.25) is 0 Å². The Morgan fingerprint density at radius 2 is 1.41 bits per heavy atom. The van der Waals surface area contributed by atoms with E-state index in [1.165, 1.54) is 0 Å². The van der Waals surface area contributed by atoms with Crippen LogP contribution in [0.5, 0.6) is 0 Å². The number of amides is 1. The van der Waals surface area contributed by atoms with E-state index >= 15 is 0 Å². The van der Waals surface area contributed by atoms with Crippen LogP contribution >= 0.6 is 21.6 Å². The van der Waals surface area contributed by atoms with Gasteiger partial charge in [0.05, 0.1) is 5.56 Å². The Morgan fingerprint density at radius 3 is 2.03 bits per heavy atom. The van der Waals surface area contributed by atoms with Gasteiger partial charge in [0.25, 0.3) is 5.91 Å². The van der Waals surface area contributed by atoms with E-state index in [4.69, 9.17) is 0 Å². The Hall–Kier alpha value is -2.31. The molecule has 0 saturated carbocycles. The van der Waals surface area contributed by atoms with E-state index in [0.29, 0.717) is 30.7 Å². The number of unbranched alkanes of at least 4 members (excludes halogenated alkanes) is 1. The first-order valence-corrected chi connectivity index (χ1v) is 15.9. The van der Waals surface area contributed by atoms with Gasteiger partial charge in [-0.25, -0.2) is 0 Å². The fourth-order valence-corrected chi connectivity index (χ4v) is 5.16. The van der Waals surface area contributed by atoms with Crippen LogP contribution in [0.4, 0.5) is 0 Å². The van der Waals surface area contributed by atoms with Gasteiger partial charge in [0.1, 0.15) is 5.78 Å². The number of Topliss-reactive ketones (excluding diaryl/α,β-unsaturated/α-hetero) is 1. The zero-order valence-corrected chi connectivity index (χ0v) is 24.0. The minimum atomic E-state index is -0.0890. The summed E-state index contributed by atoms with van der Waals surface area (Å²) in [5.41, 5.74) is 0.583. The Balaban J connectivity index is 1.88. The number of nitrogens with one attached hydrogen (secondary N) is 1. The van der Waals surface area contributed by atoms with Crippen molar-refractivity contribution < 1.29 is 9.59 Å². The van der Waals surface area contributed by atoms with Crippen molar-refractivity contribution in [1.29, 1.82) is 0 Å². The van der Waals surface area contributed by atoms with Crippen molar-refractivity contribution in [3.8, 4) is 0 Å². The lowest BCUT2D eigenvalue weighted by Gasteiger charge is -2.04. The molecule has 0 saturated heterocycles. The SMILES string of the molecule is CC/C=C\C/C=C\C/C=C\C/C=C\C/C=C\CCCC(=O)CCCSSCCNC(=O)c1cccnc1. The van der Waals surface area contributed by atoms with E-state index in [-0.39, 0.29) is 5.91 Å². The van der Waals surface area contributed by atoms with Crippen LogP contribution in [0.15, 0.2) is 85.3 Å². The van der Waals surface area contributed by atoms with E-state index in [2.05, 4.69) is 78.0 Å². The molecule has 1 N–H and O–H groups in total. The lowest BCUT2D eigenvalue weighted by Crippen LogP contribution is -2.25. The maximum Gasteiger partial charge on any atom is 0.252 e. The van der Waals surface area contributed by atoms with Crippen LogP contribution in [-0.4, -0.2) is 34.7 Å². The van der Waals surface area contributed by atoms with Crippen molar-refractivity contribution in [2.45, 2.75) is 71.1 Å². The molecule has 202 valence electrons. The number of hydrogen-bond acceptors (Lipinski definition) is 5. The summed E-state index contributed by atoms with van der Waals surface area (Å²) in [6.45, 7) is 2.78. The topological polar surface area (TPSA) is 59.1 Å². The molecule has 37 heavy (non-hydrogen) atoms. The second-order valence-electron chi connectivity index (χ2n) is 8.38. The molecule has 1 aromatic rings. The third-order valence-electron chi connectivity index (χ3n) is 5.15. The van der Waals surface area contributed by atoms with Gasteiger partial charge in [0.2, 0.25) is 0 Å². The summed E-state index contributed by atoms with van der Waals surface area (Å²) in [4.78, 5) is 27.9. The fraction of sp³-hybridized carbons (Fsp3) is 0.452. The molecule has 1 aromatic heterocycles. The number of aromatic nitrogens is 1. The zero-order valence-electron chi connectivity index (χ0n) is 22.4. The minimum absolute atomic E-state index is 0.0890. The van der Waals surface area contributed by atoms with Gasteiger partial charge in [-0.1, -0.05) is 89.3 Å². The molecule has 0 atom stereocenters. The minimum Gasteiger partial charge on any atom is -0.351 e. The summed E-state index contributed by atoms with van der Waals surface area (Å²) in [5, 5.41) is 2.89. The molecule has 0 unspecified atom stereocenters. The number of hydrogen-bond donors (Lipinski definition) is 1. The molecule has 6 heteroatoms. The van der Waals surface area contributed by atoms with Crippen molar-refractivity contribution in [3.63, 3.8) is 0 Å². The predicted octanol–water partition coefficient (Wildman–Crippen LogP) is 8.46. The molecule has 0 aliphatic rings. The molecule has 0 aromatic carbocycles. The van der Waals surface area contributed by atoms with Crippen LogP contribution in [0.1, 0.15) is 81.5 Å². The van der Waals surface area contributed by atoms with Gasteiger partial charge in [0.15, 0.2) is 0 Å². The molecule has 0 bridgehead atoms. The van der Waals surface area contributed by atoms with Gasteiger partial charge < -0.3 is 5.32 Å². The van der Waals surface area contributed by atoms with Gasteiger partial charge in [-0.3, -0.25) is 14.6 Å². The van der Waals surface area contributed by atoms with Gasteiger partial charge >= 0.3 is 0 Å². The quantitative estimate of drug-likeness (QED) is 0.0908. The summed E-state index contributed by atoms with van der Waals surface area (Å²) < 4.78 is 0. The van der Waals surface area contributed by atoms with E-state index in [1.54, 1.807) is 46.1 Å². The number of pyridine rings is 1. The van der Waals surface area contributed by atoms with Crippen molar-refractivity contribution in [3.05, 3.63) is 90.9 Å². The monoisotopic (exact) mass is 540 g/mol. The van der Waals surface area contributed by atoms with Gasteiger partial charge in [-0.15, -0.1) is 0 Å². The van der Waals surface area contributed by atoms with Crippen LogP contribution in [0.25, 0.3) is 0 Å². The van der Waals surface area contributed by atoms with E-state index in [1.807, 2.05) is 0 Å². The van der Waals surface area contributed by atoms with Crippen molar-refractivity contribution >= 4 is 33.3 Å². The second-order valence-corrected chi connectivity index (χ2v) is 11.1. The highest BCUT2D eigenvalue weighted by atomic mass is 33.1. The zero-order chi connectivity index (χ0) is 26.7. The number of rotatable bonds is 22. The third kappa shape index (κ3) is 21.5. The fourth-order valence-electron chi connectivity index (χ4n) is 3.16. The molecule has 0 radical (unpaired) electrons. The summed E-state index contributed by atoms with van der Waals surface area (Å²) >= 11 is 0. The van der Waals surface area contributed by atoms with E-state index < -0.39 is 0 Å². The lowest BCUT2D eigenvalue weighted by molar-refractivity contribution is -0.119. The molecule has 0 fully saturated rings. The maximum absolute atomic E-state index is 12.0. The highest BCUT2D eigenvalue weighted by Gasteiger charge is 2.04. The molecule has 0 spiro atoms. The van der Waals surface area contributed by atoms with Crippen LogP contribution < -0.4 is 5.32 Å². The van der Waals surface area contributed by atoms with Crippen molar-refractivity contribution in [1.82, 2.24) is 10.3 Å². The first-order valence-electron chi connectivity index (χ1n) is 13.4. The van der Waals surface area contributed by atoms with Gasteiger partial charge in [0, 0.05) is 43.3 Å². The first kappa shape index (κ1) is 32.7. The first-order chi connectivity index (χ1) is 18.2. The normalized spacial score (nSPS) is 12.1. The number of allylic oxidation sites excluding steroid dienone is 10. The number of carbonyl (C=O) groups is 2. The average molecular weight is 541 g/mol. The summed E-state index contributed by atoms with van der Waals surface area (Å²) in [6, 6.07) is 3.51. The van der Waals surface area contributed by atoms with Gasteiger partial charge in [-0.05, 0) is 63.5 Å². The molecular formula is C31H44N2O2S2. The summed E-state index contributed by atoms with van der Waals surface area (Å²) in [6.07, 6.45) is 34.4. The molecule has 1 amide bonds. The molecule has 4 nitrogen and oxygen atoms in total. The van der Waals surface area contributed by atoms with E-state index in [9.17, 15) is 9.59 Å². The Kier molecular flexibility index (Phi) is 22.4. The number of nitrogens with zero attached hydrogens (tertiary/aromatic N) is 1.